The number of alkyl halides is 3. The third kappa shape index (κ3) is 10.3. The Balaban J connectivity index is 0.000000673. The summed E-state index contributed by atoms with van der Waals surface area (Å²) < 4.78 is 60.5. The molecule has 2 aromatic carbocycles. The third-order valence-corrected chi connectivity index (χ3v) is 6.85. The van der Waals surface area contributed by atoms with Crippen LogP contribution in [-0.4, -0.2) is 41.4 Å². The lowest BCUT2D eigenvalue weighted by Gasteiger charge is -2.17. The van der Waals surface area contributed by atoms with E-state index >= 15 is 0 Å². The Morgan fingerprint density at radius 1 is 1.08 bits per heavy atom. The Morgan fingerprint density at radius 3 is 2.23 bits per heavy atom. The molecule has 1 atom stereocenters. The van der Waals surface area contributed by atoms with Crippen molar-refractivity contribution in [2.45, 2.75) is 56.1 Å². The highest BCUT2D eigenvalue weighted by molar-refractivity contribution is 7.89. The summed E-state index contributed by atoms with van der Waals surface area (Å²) in [4.78, 5) is 27.8. The molecule has 0 aliphatic rings. The lowest BCUT2D eigenvalue weighted by Crippen LogP contribution is -2.29. The summed E-state index contributed by atoms with van der Waals surface area (Å²) in [6.07, 6.45) is 0.0209. The van der Waals surface area contributed by atoms with Crippen molar-refractivity contribution in [1.29, 1.82) is 5.26 Å². The van der Waals surface area contributed by atoms with Crippen LogP contribution in [0, 0.1) is 11.3 Å². The fourth-order valence-corrected chi connectivity index (χ4v) is 4.63. The van der Waals surface area contributed by atoms with Crippen molar-refractivity contribution < 1.29 is 36.3 Å². The van der Waals surface area contributed by atoms with Gasteiger partial charge < -0.3 is 14.9 Å². The number of carbonyl (C=O) groups excluding carboxylic acids is 1. The number of carboxylic acids is 1. The zero-order valence-electron chi connectivity index (χ0n) is 20.9. The quantitative estimate of drug-likeness (QED) is 0.273. The van der Waals surface area contributed by atoms with Crippen LogP contribution in [0.3, 0.4) is 0 Å². The van der Waals surface area contributed by atoms with E-state index in [1.54, 1.807) is 13.1 Å². The number of aromatic nitrogens is 2. The van der Waals surface area contributed by atoms with Crippen LogP contribution in [0.2, 0.25) is 0 Å². The van der Waals surface area contributed by atoms with Crippen molar-refractivity contribution in [3.8, 4) is 17.3 Å². The molecule has 1 heterocycles. The van der Waals surface area contributed by atoms with Gasteiger partial charge in [-0.05, 0) is 49.6 Å². The number of nitrogens with zero attached hydrogens (tertiary/aromatic N) is 2. The average molecular weight is 565 g/mol. The first-order chi connectivity index (χ1) is 18.3. The molecule has 0 spiro atoms. The molecule has 0 saturated heterocycles. The van der Waals surface area contributed by atoms with Gasteiger partial charge in [0.1, 0.15) is 11.6 Å². The Labute approximate surface area is 223 Å². The molecule has 0 radical (unpaired) electrons. The smallest absolute Gasteiger partial charge is 0.475 e. The summed E-state index contributed by atoms with van der Waals surface area (Å²) in [5.41, 5.74) is 2.16. The Hall–Kier alpha value is -4.02. The SMILES string of the molecule is CC(=O)CCCCC[C@H](NS(=O)(=O)c1ccc(C#N)cc1)c1ncc(-c2ccccc2)[nH]1.O=C(O)C(F)(F)F. The van der Waals surface area contributed by atoms with Crippen LogP contribution >= 0.6 is 0 Å². The number of hydrogen-bond donors (Lipinski definition) is 3. The second-order valence-electron chi connectivity index (χ2n) is 8.46. The number of rotatable bonds is 11. The van der Waals surface area contributed by atoms with Gasteiger partial charge in [0.2, 0.25) is 10.0 Å². The second kappa shape index (κ2) is 14.2. The topological polar surface area (TPSA) is 153 Å². The van der Waals surface area contributed by atoms with E-state index < -0.39 is 28.2 Å². The number of hydrogen-bond acceptors (Lipinski definition) is 6. The molecule has 208 valence electrons. The number of aliphatic carboxylic acids is 1. The van der Waals surface area contributed by atoms with E-state index in [1.807, 2.05) is 36.4 Å². The van der Waals surface area contributed by atoms with Crippen LogP contribution in [0.5, 0.6) is 0 Å². The Kier molecular flexibility index (Phi) is 11.4. The monoisotopic (exact) mass is 564 g/mol. The van der Waals surface area contributed by atoms with Gasteiger partial charge in [-0.15, -0.1) is 0 Å². The summed E-state index contributed by atoms with van der Waals surface area (Å²) in [6.45, 7) is 1.57. The minimum atomic E-state index is -5.08. The molecule has 3 rings (SSSR count). The van der Waals surface area contributed by atoms with E-state index in [2.05, 4.69) is 14.7 Å². The number of carbonyl (C=O) groups is 2. The first-order valence-corrected chi connectivity index (χ1v) is 13.2. The van der Waals surface area contributed by atoms with Gasteiger partial charge in [0.25, 0.3) is 0 Å². The van der Waals surface area contributed by atoms with Crippen LogP contribution in [0.1, 0.15) is 56.5 Å². The van der Waals surface area contributed by atoms with Gasteiger partial charge in [-0.3, -0.25) is 0 Å². The number of Topliss-reactive ketones (excluding diaryl/α,β-unsaturated/α-hetero) is 1. The Morgan fingerprint density at radius 2 is 1.69 bits per heavy atom. The number of nitriles is 1. The van der Waals surface area contributed by atoms with Gasteiger partial charge in [-0.2, -0.15) is 18.4 Å². The number of benzene rings is 2. The number of imidazole rings is 1. The van der Waals surface area contributed by atoms with Crippen LogP contribution in [0.4, 0.5) is 13.2 Å². The van der Waals surface area contributed by atoms with Crippen molar-refractivity contribution in [2.75, 3.05) is 0 Å². The number of sulfonamides is 1. The van der Waals surface area contributed by atoms with Gasteiger partial charge in [-0.25, -0.2) is 22.9 Å². The molecule has 0 amide bonds. The molecule has 13 heteroatoms. The summed E-state index contributed by atoms with van der Waals surface area (Å²) >= 11 is 0. The molecule has 1 aromatic heterocycles. The zero-order valence-corrected chi connectivity index (χ0v) is 21.7. The fraction of sp³-hybridized carbons (Fsp3) is 0.308. The number of aromatic amines is 1. The minimum absolute atomic E-state index is 0.0907. The normalized spacial score (nSPS) is 12.1. The van der Waals surface area contributed by atoms with E-state index in [0.29, 0.717) is 24.2 Å². The van der Waals surface area contributed by atoms with E-state index in [9.17, 15) is 26.4 Å². The van der Waals surface area contributed by atoms with Crippen LogP contribution < -0.4 is 4.72 Å². The van der Waals surface area contributed by atoms with E-state index in [-0.39, 0.29) is 10.7 Å². The molecule has 0 aliphatic carbocycles. The van der Waals surface area contributed by atoms with E-state index in [0.717, 1.165) is 30.5 Å². The summed E-state index contributed by atoms with van der Waals surface area (Å²) in [5, 5.41) is 16.1. The van der Waals surface area contributed by atoms with Gasteiger partial charge >= 0.3 is 12.1 Å². The van der Waals surface area contributed by atoms with E-state index in [1.165, 1.54) is 24.3 Å². The number of unbranched alkanes of at least 4 members (excludes halogenated alkanes) is 2. The average Bonchev–Trinajstić information content (AvgIpc) is 3.38. The molecule has 0 bridgehead atoms. The Bertz CT molecular complexity index is 1380. The molecule has 0 aliphatic heterocycles. The van der Waals surface area contributed by atoms with Crippen molar-refractivity contribution in [1.82, 2.24) is 14.7 Å². The lowest BCUT2D eigenvalue weighted by molar-refractivity contribution is -0.192. The predicted octanol–water partition coefficient (Wildman–Crippen LogP) is 5.14. The summed E-state index contributed by atoms with van der Waals surface area (Å²) in [6, 6.07) is 16.9. The van der Waals surface area contributed by atoms with Crippen LogP contribution in [0.25, 0.3) is 11.3 Å². The maximum absolute atomic E-state index is 13.0. The van der Waals surface area contributed by atoms with Gasteiger partial charge in [0.05, 0.1) is 34.5 Å². The molecule has 39 heavy (non-hydrogen) atoms. The van der Waals surface area contributed by atoms with Crippen molar-refractivity contribution in [3.05, 3.63) is 72.2 Å². The van der Waals surface area contributed by atoms with Crippen LogP contribution in [0.15, 0.2) is 65.7 Å². The molecule has 9 nitrogen and oxygen atoms in total. The molecule has 0 saturated carbocycles. The highest BCUT2D eigenvalue weighted by atomic mass is 32.2. The molecule has 3 N–H and O–H groups in total. The minimum Gasteiger partial charge on any atom is -0.475 e. The molecule has 0 fully saturated rings. The maximum atomic E-state index is 13.0. The standard InChI is InChI=1S/C24H26N4O3S.C2HF3O2/c1-18(29)8-4-2-7-11-22(24-26-17-23(27-24)20-9-5-3-6-10-20)28-32(30,31)21-14-12-19(16-25)13-15-21;3-2(4,5)1(6)7/h3,5-6,9-10,12-15,17,22,28H,2,4,7-8,11H2,1H3,(H,26,27);(H,6,7)/t22-;/m0./s1. The highest BCUT2D eigenvalue weighted by Crippen LogP contribution is 2.24. The van der Waals surface area contributed by atoms with E-state index in [4.69, 9.17) is 15.2 Å². The van der Waals surface area contributed by atoms with Crippen molar-refractivity contribution >= 4 is 21.8 Å². The largest absolute Gasteiger partial charge is 0.490 e. The zero-order chi connectivity index (χ0) is 29.1. The van der Waals surface area contributed by atoms with Crippen LogP contribution in [-0.2, 0) is 19.6 Å². The molecular weight excluding hydrogens is 537 g/mol. The number of nitrogens with one attached hydrogen (secondary N) is 2. The van der Waals surface area contributed by atoms with Gasteiger partial charge in [0.15, 0.2) is 0 Å². The third-order valence-electron chi connectivity index (χ3n) is 5.37. The number of H-pyrrole nitrogens is 1. The summed E-state index contributed by atoms with van der Waals surface area (Å²) in [5.74, 6) is -2.07. The first-order valence-electron chi connectivity index (χ1n) is 11.8. The molecular formula is C26H27F3N4O5S. The first kappa shape index (κ1) is 31.2. The number of carboxylic acid groups (broad SMARTS) is 1. The number of ketones is 1. The molecule has 0 unspecified atom stereocenters. The van der Waals surface area contributed by atoms with Crippen molar-refractivity contribution in [3.63, 3.8) is 0 Å². The fourth-order valence-electron chi connectivity index (χ4n) is 3.39. The van der Waals surface area contributed by atoms with Gasteiger partial charge in [-0.1, -0.05) is 43.2 Å². The predicted molar refractivity (Wildman–Crippen MR) is 136 cm³/mol. The highest BCUT2D eigenvalue weighted by Gasteiger charge is 2.38. The maximum Gasteiger partial charge on any atom is 0.490 e. The number of halogens is 3. The molecule has 3 aromatic rings. The van der Waals surface area contributed by atoms with Gasteiger partial charge in [0, 0.05) is 6.42 Å². The van der Waals surface area contributed by atoms with Crippen molar-refractivity contribution in [2.24, 2.45) is 0 Å². The lowest BCUT2D eigenvalue weighted by atomic mass is 10.1. The second-order valence-corrected chi connectivity index (χ2v) is 10.2. The summed E-state index contributed by atoms with van der Waals surface area (Å²) in [7, 11) is -3.82.